The lowest BCUT2D eigenvalue weighted by Gasteiger charge is -2.06. The van der Waals surface area contributed by atoms with Crippen molar-refractivity contribution in [3.63, 3.8) is 0 Å². The third-order valence-electron chi connectivity index (χ3n) is 1.66. The summed E-state index contributed by atoms with van der Waals surface area (Å²) in [7, 11) is 1.37. The summed E-state index contributed by atoms with van der Waals surface area (Å²) in [6.07, 6.45) is 0. The molecule has 0 unspecified atom stereocenters. The predicted molar refractivity (Wildman–Crippen MR) is 52.2 cm³/mol. The maximum Gasteiger partial charge on any atom is 0.314 e. The molecule has 0 saturated heterocycles. The molecule has 0 bridgehead atoms. The molecule has 1 aromatic carbocycles. The number of benzene rings is 1. The van der Waals surface area contributed by atoms with Crippen LogP contribution in [0.3, 0.4) is 0 Å². The summed E-state index contributed by atoms with van der Waals surface area (Å²) in [5, 5.41) is 19.6. The number of nitro benzene ring substituents is 1. The van der Waals surface area contributed by atoms with Crippen LogP contribution in [0.2, 0.25) is 0 Å². The summed E-state index contributed by atoms with van der Waals surface area (Å²) >= 11 is 0. The Kier molecular flexibility index (Phi) is 2.92. The number of methoxy groups -OCH3 is 1. The highest BCUT2D eigenvalue weighted by molar-refractivity contribution is 5.50. The number of ether oxygens (including phenoxy) is 2. The summed E-state index contributed by atoms with van der Waals surface area (Å²) in [6.45, 7) is -3.24. The summed E-state index contributed by atoms with van der Waals surface area (Å²) in [5.74, 6) is 0.157. The third-order valence-corrected chi connectivity index (χ3v) is 1.66. The van der Waals surface area contributed by atoms with Crippen molar-refractivity contribution < 1.29 is 22.2 Å². The Hall–Kier alpha value is -1.82. The molecular weight excluding hydrogens is 202 g/mol. The van der Waals surface area contributed by atoms with E-state index in [-0.39, 0.29) is 17.2 Å². The topological polar surface area (TPSA) is 81.8 Å². The van der Waals surface area contributed by atoms with Gasteiger partial charge in [-0.25, -0.2) is 0 Å². The normalized spacial score (nSPS) is 12.7. The van der Waals surface area contributed by atoms with E-state index in [0.29, 0.717) is 0 Å². The first-order valence-corrected chi connectivity index (χ1v) is 4.01. The van der Waals surface area contributed by atoms with Crippen molar-refractivity contribution in [2.24, 2.45) is 0 Å². The number of hydrogen-bond acceptors (Lipinski definition) is 5. The molecule has 0 aliphatic rings. The fraction of sp³-hybridized carbons (Fsp3) is 0.333. The van der Waals surface area contributed by atoms with Gasteiger partial charge in [-0.1, -0.05) is 0 Å². The molecule has 0 aromatic heterocycles. The van der Waals surface area contributed by atoms with Crippen molar-refractivity contribution >= 4 is 5.69 Å². The maximum absolute atomic E-state index is 10.7. The zero-order valence-corrected chi connectivity index (χ0v) is 7.97. The highest BCUT2D eigenvalue weighted by Gasteiger charge is 2.16. The number of aliphatic hydroxyl groups is 1. The van der Waals surface area contributed by atoms with Crippen LogP contribution in [0.1, 0.15) is 2.74 Å². The Morgan fingerprint density at radius 3 is 2.93 bits per heavy atom. The van der Waals surface area contributed by atoms with Gasteiger partial charge in [0.2, 0.25) is 0 Å². The quantitative estimate of drug-likeness (QED) is 0.584. The van der Waals surface area contributed by atoms with Crippen LogP contribution in [0.25, 0.3) is 0 Å². The van der Waals surface area contributed by atoms with Crippen molar-refractivity contribution in [2.75, 3.05) is 20.3 Å². The smallest absolute Gasteiger partial charge is 0.314 e. The van der Waals surface area contributed by atoms with Gasteiger partial charge in [-0.3, -0.25) is 10.1 Å². The second-order valence-corrected chi connectivity index (χ2v) is 2.54. The van der Waals surface area contributed by atoms with E-state index in [0.717, 1.165) is 6.07 Å². The average Bonchev–Trinajstić information content (AvgIpc) is 2.25. The van der Waals surface area contributed by atoms with Gasteiger partial charge in [0.05, 0.1) is 27.4 Å². The van der Waals surface area contributed by atoms with Crippen molar-refractivity contribution in [2.45, 2.75) is 0 Å². The second kappa shape index (κ2) is 5.16. The predicted octanol–water partition coefficient (Wildman–Crippen LogP) is 0.975. The number of hydrogen-bond donors (Lipinski definition) is 1. The zero-order valence-electron chi connectivity index (χ0n) is 9.97. The van der Waals surface area contributed by atoms with Crippen LogP contribution in [-0.2, 0) is 0 Å². The highest BCUT2D eigenvalue weighted by Crippen LogP contribution is 2.30. The Bertz CT molecular complexity index is 418. The highest BCUT2D eigenvalue weighted by atomic mass is 16.6. The van der Waals surface area contributed by atoms with Crippen LogP contribution < -0.4 is 9.47 Å². The van der Waals surface area contributed by atoms with E-state index in [1.54, 1.807) is 0 Å². The Morgan fingerprint density at radius 2 is 2.40 bits per heavy atom. The molecule has 0 spiro atoms. The van der Waals surface area contributed by atoms with Crippen LogP contribution in [0.15, 0.2) is 18.2 Å². The van der Waals surface area contributed by atoms with Gasteiger partial charge in [0.25, 0.3) is 0 Å². The summed E-state index contributed by atoms with van der Waals surface area (Å²) in [4.78, 5) is 10.1. The minimum atomic E-state index is -2.55. The first-order valence-electron chi connectivity index (χ1n) is 5.01. The van der Waals surface area contributed by atoms with E-state index >= 15 is 0 Å². The molecule has 82 valence electrons. The number of nitro groups is 1. The summed E-state index contributed by atoms with van der Waals surface area (Å²) in [6, 6.07) is 3.88. The lowest BCUT2D eigenvalue weighted by Crippen LogP contribution is -2.04. The minimum Gasteiger partial charge on any atom is -0.496 e. The van der Waals surface area contributed by atoms with E-state index in [4.69, 9.17) is 17.3 Å². The summed E-state index contributed by atoms with van der Waals surface area (Å²) < 4.78 is 23.3. The van der Waals surface area contributed by atoms with E-state index in [1.165, 1.54) is 19.2 Å². The number of rotatable bonds is 5. The molecule has 1 N–H and O–H groups in total. The Balaban J connectivity index is 2.95. The molecule has 0 amide bonds. The first-order chi connectivity index (χ1) is 7.83. The van der Waals surface area contributed by atoms with E-state index in [2.05, 4.69) is 0 Å². The molecule has 0 atom stereocenters. The molecule has 6 heteroatoms. The van der Waals surface area contributed by atoms with Crippen molar-refractivity contribution in [3.8, 4) is 11.5 Å². The largest absolute Gasteiger partial charge is 0.496 e. The average molecular weight is 215 g/mol. The third kappa shape index (κ3) is 2.81. The molecule has 6 nitrogen and oxygen atoms in total. The zero-order chi connectivity index (χ0) is 13.1. The van der Waals surface area contributed by atoms with E-state index in [9.17, 15) is 10.1 Å². The van der Waals surface area contributed by atoms with Crippen LogP contribution >= 0.6 is 0 Å². The van der Waals surface area contributed by atoms with Gasteiger partial charge >= 0.3 is 5.69 Å². The van der Waals surface area contributed by atoms with Crippen LogP contribution in [-0.4, -0.2) is 30.3 Å². The lowest BCUT2D eigenvalue weighted by atomic mass is 10.3. The molecule has 0 radical (unpaired) electrons. The Labute approximate surface area is 89.0 Å². The summed E-state index contributed by atoms with van der Waals surface area (Å²) in [5.41, 5.74) is -0.353. The SMILES string of the molecule is [2H]C([2H])(O)COc1ccc(OC)cc1[N+](=O)[O-]. The van der Waals surface area contributed by atoms with Crippen molar-refractivity contribution in [1.82, 2.24) is 0 Å². The molecule has 0 heterocycles. The molecule has 0 aliphatic heterocycles. The lowest BCUT2D eigenvalue weighted by molar-refractivity contribution is -0.386. The van der Waals surface area contributed by atoms with Gasteiger partial charge in [0.15, 0.2) is 5.75 Å². The van der Waals surface area contributed by atoms with Crippen molar-refractivity contribution in [3.05, 3.63) is 28.3 Å². The fourth-order valence-electron chi connectivity index (χ4n) is 0.999. The number of nitrogens with zero attached hydrogens (tertiary/aromatic N) is 1. The van der Waals surface area contributed by atoms with Gasteiger partial charge in [0, 0.05) is 0 Å². The molecule has 0 aliphatic carbocycles. The monoisotopic (exact) mass is 215 g/mol. The molecule has 15 heavy (non-hydrogen) atoms. The van der Waals surface area contributed by atoms with Gasteiger partial charge in [-0.15, -0.1) is 0 Å². The van der Waals surface area contributed by atoms with Gasteiger partial charge < -0.3 is 14.6 Å². The van der Waals surface area contributed by atoms with E-state index in [1.807, 2.05) is 0 Å². The Morgan fingerprint density at radius 1 is 1.67 bits per heavy atom. The van der Waals surface area contributed by atoms with Gasteiger partial charge in [-0.05, 0) is 12.1 Å². The molecule has 1 aromatic rings. The van der Waals surface area contributed by atoms with Crippen LogP contribution in [0, 0.1) is 10.1 Å². The van der Waals surface area contributed by atoms with Crippen molar-refractivity contribution in [1.29, 1.82) is 0 Å². The molecule has 0 saturated carbocycles. The minimum absolute atomic E-state index is 0.131. The first kappa shape index (κ1) is 8.49. The van der Waals surface area contributed by atoms with Gasteiger partial charge in [-0.2, -0.15) is 0 Å². The van der Waals surface area contributed by atoms with E-state index < -0.39 is 18.1 Å². The maximum atomic E-state index is 10.7. The second-order valence-electron chi connectivity index (χ2n) is 2.54. The van der Waals surface area contributed by atoms with Gasteiger partial charge in [0.1, 0.15) is 12.4 Å². The molecular formula is C9H11NO5. The molecule has 1 rings (SSSR count). The standard InChI is InChI=1S/C9H11NO5/c1-14-7-2-3-9(15-5-4-11)8(6-7)10(12)13/h2-3,6,11H,4-5H2,1H3/i4D2. The van der Waals surface area contributed by atoms with Crippen LogP contribution in [0.4, 0.5) is 5.69 Å². The fourth-order valence-corrected chi connectivity index (χ4v) is 0.999. The van der Waals surface area contributed by atoms with Crippen LogP contribution in [0.5, 0.6) is 11.5 Å². The molecule has 0 fully saturated rings.